The molecule has 1 saturated heterocycles. The minimum Gasteiger partial charge on any atom is -0.507 e. The van der Waals surface area contributed by atoms with Crippen molar-refractivity contribution >= 4 is 50.9 Å². The highest BCUT2D eigenvalue weighted by Gasteiger charge is 2.36. The van der Waals surface area contributed by atoms with Gasteiger partial charge in [-0.25, -0.2) is 0 Å². The number of aromatic hydroxyl groups is 1. The summed E-state index contributed by atoms with van der Waals surface area (Å²) in [4.78, 5) is 15.9. The van der Waals surface area contributed by atoms with Gasteiger partial charge in [-0.05, 0) is 48.6 Å². The summed E-state index contributed by atoms with van der Waals surface area (Å²) in [7, 11) is 1.74. The van der Waals surface area contributed by atoms with Crippen molar-refractivity contribution in [1.82, 2.24) is 4.90 Å². The van der Waals surface area contributed by atoms with Crippen LogP contribution in [0.2, 0.25) is 0 Å². The van der Waals surface area contributed by atoms with Crippen molar-refractivity contribution in [3.05, 3.63) is 64.3 Å². The van der Waals surface area contributed by atoms with Gasteiger partial charge in [-0.1, -0.05) is 34.1 Å². The normalized spacial score (nSPS) is 16.5. The number of halogens is 1. The Morgan fingerprint density at radius 1 is 1.17 bits per heavy atom. The van der Waals surface area contributed by atoms with Crippen LogP contribution in [0.15, 0.2) is 58.7 Å². The minimum absolute atomic E-state index is 0.103. The number of anilines is 1. The van der Waals surface area contributed by atoms with Crippen LogP contribution in [-0.2, 0) is 4.79 Å². The number of amides is 1. The first-order valence-corrected chi connectivity index (χ1v) is 8.06. The van der Waals surface area contributed by atoms with Crippen molar-refractivity contribution in [2.75, 3.05) is 11.9 Å². The maximum absolute atomic E-state index is 12.8. The summed E-state index contributed by atoms with van der Waals surface area (Å²) >= 11 is 8.75. The summed E-state index contributed by atoms with van der Waals surface area (Å²) < 4.78 is 0.817. The van der Waals surface area contributed by atoms with Gasteiger partial charge in [0.05, 0.1) is 5.69 Å². The zero-order valence-corrected chi connectivity index (χ0v) is 14.6. The van der Waals surface area contributed by atoms with Gasteiger partial charge in [0.1, 0.15) is 11.4 Å². The van der Waals surface area contributed by atoms with E-state index in [1.165, 1.54) is 4.90 Å². The van der Waals surface area contributed by atoms with Crippen molar-refractivity contribution in [2.24, 2.45) is 0 Å². The number of phenolic OH excluding ortho intramolecular Hbond substituents is 1. The third-order valence-corrected chi connectivity index (χ3v) is 4.51. The molecule has 0 spiro atoms. The quantitative estimate of drug-likeness (QED) is 0.628. The molecule has 0 unspecified atom stereocenters. The lowest BCUT2D eigenvalue weighted by molar-refractivity contribution is -0.114. The molecule has 0 radical (unpaired) electrons. The summed E-state index contributed by atoms with van der Waals surface area (Å²) in [5, 5.41) is 10.4. The molecule has 2 aromatic rings. The number of para-hydroxylation sites is 1. The third kappa shape index (κ3) is 2.87. The predicted molar refractivity (Wildman–Crippen MR) is 98.1 cm³/mol. The molecule has 4 nitrogen and oxygen atoms in total. The molecular formula is C17H13BrN2O2S. The molecule has 2 aromatic carbocycles. The molecule has 1 aliphatic rings. The number of hydrogen-bond donors (Lipinski definition) is 1. The van der Waals surface area contributed by atoms with Crippen LogP contribution in [0.4, 0.5) is 5.69 Å². The maximum Gasteiger partial charge on any atom is 0.281 e. The minimum atomic E-state index is -0.219. The van der Waals surface area contributed by atoms with Crippen LogP contribution in [0.1, 0.15) is 5.56 Å². The van der Waals surface area contributed by atoms with Gasteiger partial charge in [0, 0.05) is 17.1 Å². The molecule has 0 atom stereocenters. The van der Waals surface area contributed by atoms with Crippen molar-refractivity contribution < 1.29 is 9.90 Å². The van der Waals surface area contributed by atoms with Crippen LogP contribution in [0.5, 0.6) is 5.75 Å². The Morgan fingerprint density at radius 2 is 1.87 bits per heavy atom. The lowest BCUT2D eigenvalue weighted by Gasteiger charge is -2.16. The number of carbonyl (C=O) groups is 1. The van der Waals surface area contributed by atoms with Crippen LogP contribution in [0.3, 0.4) is 0 Å². The fraction of sp³-hybridized carbons (Fsp3) is 0.0588. The second kappa shape index (κ2) is 6.14. The Bertz CT molecular complexity index is 821. The highest BCUT2D eigenvalue weighted by Crippen LogP contribution is 2.30. The zero-order valence-electron chi connectivity index (χ0n) is 12.2. The molecule has 23 heavy (non-hydrogen) atoms. The van der Waals surface area contributed by atoms with Crippen LogP contribution in [-0.4, -0.2) is 28.1 Å². The lowest BCUT2D eigenvalue weighted by Crippen LogP contribution is -2.30. The largest absolute Gasteiger partial charge is 0.507 e. The van der Waals surface area contributed by atoms with Crippen LogP contribution >= 0.6 is 28.1 Å². The number of hydrogen-bond acceptors (Lipinski definition) is 3. The van der Waals surface area contributed by atoms with E-state index in [-0.39, 0.29) is 11.7 Å². The first kappa shape index (κ1) is 15.7. The number of nitrogens with zero attached hydrogens (tertiary/aromatic N) is 2. The number of rotatable bonds is 2. The second-order valence-electron chi connectivity index (χ2n) is 5.05. The van der Waals surface area contributed by atoms with E-state index in [0.717, 1.165) is 10.2 Å². The van der Waals surface area contributed by atoms with E-state index >= 15 is 0 Å². The number of benzene rings is 2. The smallest absolute Gasteiger partial charge is 0.281 e. The van der Waals surface area contributed by atoms with Crippen molar-refractivity contribution in [1.29, 1.82) is 0 Å². The monoisotopic (exact) mass is 388 g/mol. The van der Waals surface area contributed by atoms with Crippen molar-refractivity contribution in [3.8, 4) is 5.75 Å². The highest BCUT2D eigenvalue weighted by atomic mass is 79.9. The molecule has 116 valence electrons. The van der Waals surface area contributed by atoms with Gasteiger partial charge in [0.2, 0.25) is 0 Å². The average Bonchev–Trinajstić information content (AvgIpc) is 2.75. The molecule has 0 bridgehead atoms. The molecule has 0 saturated carbocycles. The Hall–Kier alpha value is -2.18. The van der Waals surface area contributed by atoms with E-state index in [2.05, 4.69) is 15.9 Å². The van der Waals surface area contributed by atoms with E-state index in [4.69, 9.17) is 12.2 Å². The maximum atomic E-state index is 12.8. The number of carbonyl (C=O) groups excluding carboxylic acids is 1. The first-order valence-electron chi connectivity index (χ1n) is 6.86. The van der Waals surface area contributed by atoms with Crippen LogP contribution in [0, 0.1) is 0 Å². The van der Waals surface area contributed by atoms with Crippen molar-refractivity contribution in [2.45, 2.75) is 0 Å². The summed E-state index contributed by atoms with van der Waals surface area (Å²) in [6, 6.07) is 14.3. The van der Waals surface area contributed by atoms with E-state index in [0.29, 0.717) is 16.4 Å². The highest BCUT2D eigenvalue weighted by molar-refractivity contribution is 9.10. The van der Waals surface area contributed by atoms with Crippen LogP contribution < -0.4 is 4.90 Å². The number of likely N-dealkylation sites (N-methyl/N-ethyl adjacent to an activating group) is 1. The average molecular weight is 389 g/mol. The fourth-order valence-corrected chi connectivity index (χ4v) is 3.01. The molecular weight excluding hydrogens is 376 g/mol. The molecule has 0 aromatic heterocycles. The Kier molecular flexibility index (Phi) is 4.19. The summed E-state index contributed by atoms with van der Waals surface area (Å²) in [6.07, 6.45) is 1.64. The molecule has 1 N–H and O–H groups in total. The van der Waals surface area contributed by atoms with Gasteiger partial charge in [0.15, 0.2) is 5.11 Å². The van der Waals surface area contributed by atoms with Crippen LogP contribution in [0.25, 0.3) is 6.08 Å². The van der Waals surface area contributed by atoms with Gasteiger partial charge in [-0.3, -0.25) is 9.69 Å². The second-order valence-corrected chi connectivity index (χ2v) is 6.33. The van der Waals surface area contributed by atoms with E-state index in [9.17, 15) is 9.90 Å². The molecule has 1 fully saturated rings. The standard InChI is InChI=1S/C17H13BrN2O2S/c1-19-14(10-11-9-12(18)7-8-15(11)21)16(22)20(17(19)23)13-5-3-2-4-6-13/h2-10,21H,1H3/b14-10+. The number of phenols is 1. The third-order valence-electron chi connectivity index (χ3n) is 3.56. The molecule has 3 rings (SSSR count). The van der Waals surface area contributed by atoms with Gasteiger partial charge in [-0.2, -0.15) is 0 Å². The van der Waals surface area contributed by atoms with E-state index in [1.807, 2.05) is 30.3 Å². The SMILES string of the molecule is CN1C(=S)N(c2ccccc2)C(=O)/C1=C\c1cc(Br)ccc1O. The molecule has 6 heteroatoms. The lowest BCUT2D eigenvalue weighted by atomic mass is 10.1. The first-order chi connectivity index (χ1) is 11.0. The molecule has 1 heterocycles. The fourth-order valence-electron chi connectivity index (χ4n) is 2.35. The summed E-state index contributed by atoms with van der Waals surface area (Å²) in [6.45, 7) is 0. The van der Waals surface area contributed by atoms with E-state index < -0.39 is 0 Å². The van der Waals surface area contributed by atoms with Gasteiger partial charge >= 0.3 is 0 Å². The molecule has 1 amide bonds. The number of thiocarbonyl (C=S) groups is 1. The molecule has 1 aliphatic heterocycles. The predicted octanol–water partition coefficient (Wildman–Crippen LogP) is 3.76. The van der Waals surface area contributed by atoms with E-state index in [1.54, 1.807) is 36.2 Å². The molecule has 0 aliphatic carbocycles. The van der Waals surface area contributed by atoms with Gasteiger partial charge < -0.3 is 10.0 Å². The summed E-state index contributed by atoms with van der Waals surface area (Å²) in [5.74, 6) is -0.117. The van der Waals surface area contributed by atoms with Gasteiger partial charge in [-0.15, -0.1) is 0 Å². The zero-order chi connectivity index (χ0) is 16.6. The van der Waals surface area contributed by atoms with Crippen molar-refractivity contribution in [3.63, 3.8) is 0 Å². The Labute approximate surface area is 147 Å². The Morgan fingerprint density at radius 3 is 2.57 bits per heavy atom. The van der Waals surface area contributed by atoms with Gasteiger partial charge in [0.25, 0.3) is 5.91 Å². The summed E-state index contributed by atoms with van der Waals surface area (Å²) in [5.41, 5.74) is 1.68. The Balaban J connectivity index is 2.04. The topological polar surface area (TPSA) is 43.8 Å².